The third-order valence-electron chi connectivity index (χ3n) is 6.07. The summed E-state index contributed by atoms with van der Waals surface area (Å²) in [5.41, 5.74) is -5.84. The molecular formula is C32H19Cl3F6N2O2S2. The zero-order valence-electron chi connectivity index (χ0n) is 23.3. The molecule has 0 atom stereocenters. The zero-order chi connectivity index (χ0) is 34.4. The number of halogens is 9. The lowest BCUT2D eigenvalue weighted by Crippen LogP contribution is -2.01. The first-order valence-electron chi connectivity index (χ1n) is 13.0. The molecule has 0 saturated carbocycles. The van der Waals surface area contributed by atoms with Crippen LogP contribution in [0, 0.1) is 0 Å². The first kappa shape index (κ1) is 36.3. The van der Waals surface area contributed by atoms with E-state index in [0.29, 0.717) is 21.5 Å². The van der Waals surface area contributed by atoms with Gasteiger partial charge < -0.3 is 9.97 Å². The molecule has 6 aromatic rings. The van der Waals surface area contributed by atoms with Crippen molar-refractivity contribution in [3.05, 3.63) is 130 Å². The summed E-state index contributed by atoms with van der Waals surface area (Å²) in [7, 11) is 0. The number of hydrogen-bond acceptors (Lipinski definition) is 4. The third kappa shape index (κ3) is 11.0. The van der Waals surface area contributed by atoms with Crippen molar-refractivity contribution >= 4 is 91.2 Å². The van der Waals surface area contributed by atoms with E-state index in [1.807, 2.05) is 30.5 Å². The van der Waals surface area contributed by atoms with Gasteiger partial charge in [0.1, 0.15) is 0 Å². The largest absolute Gasteiger partial charge is 0.446 e. The molecule has 244 valence electrons. The quantitative estimate of drug-likeness (QED) is 0.0798. The number of fused-ring (bicyclic) bond motifs is 2. The molecule has 47 heavy (non-hydrogen) atoms. The van der Waals surface area contributed by atoms with Crippen LogP contribution in [0.5, 0.6) is 0 Å². The van der Waals surface area contributed by atoms with Gasteiger partial charge in [-0.1, -0.05) is 23.2 Å². The Balaban J connectivity index is 0.000000176. The first-order valence-corrected chi connectivity index (χ1v) is 15.8. The predicted octanol–water partition coefficient (Wildman–Crippen LogP) is 12.2. The molecule has 0 amide bonds. The summed E-state index contributed by atoms with van der Waals surface area (Å²) in [6, 6.07) is 23.2. The van der Waals surface area contributed by atoms with E-state index in [4.69, 9.17) is 34.8 Å². The van der Waals surface area contributed by atoms with E-state index in [1.54, 1.807) is 24.4 Å². The van der Waals surface area contributed by atoms with Gasteiger partial charge in [0.25, 0.3) is 5.24 Å². The number of carbonyl (C=O) groups is 2. The van der Waals surface area contributed by atoms with Crippen molar-refractivity contribution in [3.63, 3.8) is 0 Å². The van der Waals surface area contributed by atoms with Crippen molar-refractivity contribution in [2.45, 2.75) is 20.8 Å². The molecule has 2 N–H and O–H groups in total. The highest BCUT2D eigenvalue weighted by Gasteiger charge is 2.30. The number of ketones is 1. The second kappa shape index (κ2) is 15.6. The van der Waals surface area contributed by atoms with Gasteiger partial charge in [-0.15, -0.1) is 0 Å². The Bertz CT molecular complexity index is 1990. The summed E-state index contributed by atoms with van der Waals surface area (Å²) >= 11 is 16.4. The highest BCUT2D eigenvalue weighted by molar-refractivity contribution is 8.00. The summed E-state index contributed by atoms with van der Waals surface area (Å²) in [5, 5.41) is 2.44. The number of alkyl halides is 6. The summed E-state index contributed by atoms with van der Waals surface area (Å²) in [6.07, 6.45) is 3.47. The second-order valence-electron chi connectivity index (χ2n) is 9.35. The minimum atomic E-state index is -4.35. The van der Waals surface area contributed by atoms with Crippen molar-refractivity contribution in [1.29, 1.82) is 0 Å². The number of rotatable bonds is 5. The van der Waals surface area contributed by atoms with Crippen LogP contribution < -0.4 is 0 Å². The van der Waals surface area contributed by atoms with Crippen molar-refractivity contribution < 1.29 is 35.9 Å². The number of hydrogen-bond donors (Lipinski definition) is 2. The number of thioether (sulfide) groups is 2. The average molecular weight is 748 g/mol. The van der Waals surface area contributed by atoms with Crippen LogP contribution in [0.3, 0.4) is 0 Å². The molecule has 0 aliphatic rings. The maximum Gasteiger partial charge on any atom is 0.446 e. The Morgan fingerprint density at radius 3 is 1.66 bits per heavy atom. The molecule has 4 nitrogen and oxygen atoms in total. The van der Waals surface area contributed by atoms with E-state index >= 15 is 0 Å². The highest BCUT2D eigenvalue weighted by atomic mass is 35.5. The van der Waals surface area contributed by atoms with E-state index < -0.39 is 16.3 Å². The van der Waals surface area contributed by atoms with Crippen LogP contribution >= 0.6 is 58.3 Å². The van der Waals surface area contributed by atoms with Gasteiger partial charge in [0.05, 0.1) is 0 Å². The highest BCUT2D eigenvalue weighted by Crippen LogP contribution is 2.38. The van der Waals surface area contributed by atoms with Gasteiger partial charge in [-0.25, -0.2) is 0 Å². The maximum absolute atomic E-state index is 12.5. The van der Waals surface area contributed by atoms with Gasteiger partial charge in [0, 0.05) is 70.7 Å². The number of benzene rings is 4. The van der Waals surface area contributed by atoms with Gasteiger partial charge in [0.15, 0.2) is 5.78 Å². The van der Waals surface area contributed by atoms with E-state index in [0.717, 1.165) is 21.4 Å². The van der Waals surface area contributed by atoms with Crippen LogP contribution in [0.4, 0.5) is 26.3 Å². The summed E-state index contributed by atoms with van der Waals surface area (Å²) < 4.78 is 72.6. The Labute approximate surface area is 286 Å². The van der Waals surface area contributed by atoms with E-state index in [9.17, 15) is 35.9 Å². The first-order chi connectivity index (χ1) is 22.1. The summed E-state index contributed by atoms with van der Waals surface area (Å²) in [5.74, 6) is -0.276. The van der Waals surface area contributed by atoms with Crippen LogP contribution in [0.25, 0.3) is 21.8 Å². The Morgan fingerprint density at radius 2 is 1.13 bits per heavy atom. The molecule has 4 aromatic carbocycles. The summed E-state index contributed by atoms with van der Waals surface area (Å²) in [4.78, 5) is 29.2. The molecule has 0 unspecified atom stereocenters. The molecule has 6 rings (SSSR count). The zero-order valence-corrected chi connectivity index (χ0v) is 27.3. The maximum atomic E-state index is 12.5. The molecule has 0 bridgehead atoms. The van der Waals surface area contributed by atoms with Crippen LogP contribution in [0.2, 0.25) is 10.0 Å². The number of aromatic nitrogens is 2. The van der Waals surface area contributed by atoms with Gasteiger partial charge in [-0.2, -0.15) is 26.3 Å². The second-order valence-corrected chi connectivity index (χ2v) is 12.8. The number of carbonyl (C=O) groups excluding carboxylic acids is 2. The minimum Gasteiger partial charge on any atom is -0.361 e. The van der Waals surface area contributed by atoms with Crippen molar-refractivity contribution in [1.82, 2.24) is 9.97 Å². The van der Waals surface area contributed by atoms with Crippen molar-refractivity contribution in [2.75, 3.05) is 0 Å². The fourth-order valence-corrected chi connectivity index (χ4v) is 5.61. The third-order valence-corrected chi connectivity index (χ3v) is 8.24. The van der Waals surface area contributed by atoms with Gasteiger partial charge in [-0.3, -0.25) is 9.59 Å². The molecule has 2 aromatic heterocycles. The van der Waals surface area contributed by atoms with Crippen LogP contribution in [0.15, 0.2) is 113 Å². The van der Waals surface area contributed by atoms with Crippen molar-refractivity contribution in [3.8, 4) is 0 Å². The molecule has 2 heterocycles. The van der Waals surface area contributed by atoms with Gasteiger partial charge >= 0.3 is 11.0 Å². The molecule has 0 radical (unpaired) electrons. The van der Waals surface area contributed by atoms with Crippen LogP contribution in [-0.4, -0.2) is 32.0 Å². The topological polar surface area (TPSA) is 65.7 Å². The SMILES string of the molecule is Clc1ccc2[nH]ccc2c1.O=C(Cl)c1ccc(SC(F)(F)F)cc1.O=C(c1ccc(SC(F)(F)F)cc1)c1c[nH]c2ccc(Cl)cc12. The van der Waals surface area contributed by atoms with Crippen molar-refractivity contribution in [2.24, 2.45) is 0 Å². The molecule has 0 saturated heterocycles. The fraction of sp³-hybridized carbons (Fsp3) is 0.0625. The standard InChI is InChI=1S/C16H9ClF3NOS.C8H4ClF3OS.C8H6ClN/c17-10-3-6-14-12(7-10)13(8-21-14)15(22)9-1-4-11(5-2-9)23-16(18,19)20;9-7(13)5-1-3-6(4-2-5)14-8(10,11)12;9-7-1-2-8-6(5-7)3-4-10-8/h1-8,21H;1-4H;1-5,10H. The lowest BCUT2D eigenvalue weighted by atomic mass is 10.0. The fourth-order valence-electron chi connectivity index (χ4n) is 4.06. The molecule has 15 heteroatoms. The number of H-pyrrole nitrogens is 2. The lowest BCUT2D eigenvalue weighted by molar-refractivity contribution is -0.0337. The minimum absolute atomic E-state index is 0.0270. The average Bonchev–Trinajstić information content (AvgIpc) is 3.63. The van der Waals surface area contributed by atoms with Crippen LogP contribution in [0.1, 0.15) is 26.3 Å². The molecule has 0 fully saturated rings. The monoisotopic (exact) mass is 746 g/mol. The predicted molar refractivity (Wildman–Crippen MR) is 177 cm³/mol. The van der Waals surface area contributed by atoms with E-state index in [1.165, 1.54) is 48.5 Å². The molecular weight excluding hydrogens is 729 g/mol. The smallest absolute Gasteiger partial charge is 0.361 e. The molecule has 0 aliphatic heterocycles. The van der Waals surface area contributed by atoms with Gasteiger partial charge in [-0.05, 0) is 126 Å². The van der Waals surface area contributed by atoms with E-state index in [-0.39, 0.29) is 44.7 Å². The normalized spacial score (nSPS) is 11.4. The summed E-state index contributed by atoms with van der Waals surface area (Å²) in [6.45, 7) is 0. The Hall–Kier alpha value is -3.55. The Morgan fingerprint density at radius 1 is 0.617 bits per heavy atom. The van der Waals surface area contributed by atoms with E-state index in [2.05, 4.69) is 9.97 Å². The lowest BCUT2D eigenvalue weighted by Gasteiger charge is -2.06. The number of nitrogens with one attached hydrogen (secondary N) is 2. The number of aromatic amines is 2. The van der Waals surface area contributed by atoms with Crippen LogP contribution in [-0.2, 0) is 0 Å². The van der Waals surface area contributed by atoms with Gasteiger partial charge in [0.2, 0.25) is 0 Å². The Kier molecular flexibility index (Phi) is 12.0. The molecule has 0 aliphatic carbocycles. The molecule has 0 spiro atoms.